The highest BCUT2D eigenvalue weighted by Gasteiger charge is 2.06. The molecule has 0 aliphatic carbocycles. The lowest BCUT2D eigenvalue weighted by Crippen LogP contribution is -2.06. The summed E-state index contributed by atoms with van der Waals surface area (Å²) in [6.07, 6.45) is 1.55. The largest absolute Gasteiger partial charge is 0.377 e. The molecule has 0 bridgehead atoms. The molecule has 0 saturated carbocycles. The molecular formula is C18H18ClN3O. The Morgan fingerprint density at radius 2 is 1.91 bits per heavy atom. The van der Waals surface area contributed by atoms with E-state index in [1.54, 1.807) is 6.33 Å². The highest BCUT2D eigenvalue weighted by Crippen LogP contribution is 2.23. The van der Waals surface area contributed by atoms with Crippen LogP contribution in [0.15, 0.2) is 48.8 Å². The van der Waals surface area contributed by atoms with Gasteiger partial charge in [0.05, 0.1) is 12.1 Å². The number of anilines is 1. The number of nitrogens with zero attached hydrogens (tertiary/aromatic N) is 2. The van der Waals surface area contributed by atoms with Crippen LogP contribution in [0.4, 0.5) is 5.82 Å². The molecule has 0 unspecified atom stereocenters. The molecular weight excluding hydrogens is 310 g/mol. The van der Waals surface area contributed by atoms with Crippen LogP contribution in [0.5, 0.6) is 0 Å². The van der Waals surface area contributed by atoms with Crippen molar-refractivity contribution in [3.05, 3.63) is 64.9 Å². The Bertz CT molecular complexity index is 807. The molecule has 0 spiro atoms. The SMILES string of the molecule is CCOCc1ccccc1CNc1ncnc2cc(Cl)ccc12. The summed E-state index contributed by atoms with van der Waals surface area (Å²) in [6.45, 7) is 4.00. The predicted octanol–water partition coefficient (Wildman–Crippen LogP) is 4.43. The molecule has 0 saturated heterocycles. The minimum atomic E-state index is 0.620. The molecule has 1 heterocycles. The van der Waals surface area contributed by atoms with E-state index >= 15 is 0 Å². The van der Waals surface area contributed by atoms with Crippen molar-refractivity contribution in [1.29, 1.82) is 0 Å². The average Bonchev–Trinajstić information content (AvgIpc) is 2.58. The number of benzene rings is 2. The van der Waals surface area contributed by atoms with Crippen LogP contribution in [0.3, 0.4) is 0 Å². The van der Waals surface area contributed by atoms with Gasteiger partial charge in [-0.3, -0.25) is 0 Å². The molecule has 1 N–H and O–H groups in total. The van der Waals surface area contributed by atoms with Gasteiger partial charge >= 0.3 is 0 Å². The van der Waals surface area contributed by atoms with Gasteiger partial charge in [-0.2, -0.15) is 0 Å². The van der Waals surface area contributed by atoms with Gasteiger partial charge in [0.2, 0.25) is 0 Å². The fourth-order valence-electron chi connectivity index (χ4n) is 2.43. The van der Waals surface area contributed by atoms with E-state index in [9.17, 15) is 0 Å². The fourth-order valence-corrected chi connectivity index (χ4v) is 2.60. The molecule has 3 aromatic rings. The lowest BCUT2D eigenvalue weighted by Gasteiger charge is -2.12. The quantitative estimate of drug-likeness (QED) is 0.727. The Morgan fingerprint density at radius 1 is 1.09 bits per heavy atom. The van der Waals surface area contributed by atoms with Gasteiger partial charge in [-0.05, 0) is 36.2 Å². The van der Waals surface area contributed by atoms with E-state index in [4.69, 9.17) is 16.3 Å². The van der Waals surface area contributed by atoms with Crippen LogP contribution in [0, 0.1) is 0 Å². The van der Waals surface area contributed by atoms with Crippen LogP contribution in [-0.2, 0) is 17.9 Å². The second-order valence-corrected chi connectivity index (χ2v) is 5.58. The van der Waals surface area contributed by atoms with Crippen molar-refractivity contribution in [3.63, 3.8) is 0 Å². The van der Waals surface area contributed by atoms with Crippen molar-refractivity contribution in [2.75, 3.05) is 11.9 Å². The second-order valence-electron chi connectivity index (χ2n) is 5.14. The Hall–Kier alpha value is -2.17. The Kier molecular flexibility index (Phi) is 5.05. The maximum Gasteiger partial charge on any atom is 0.137 e. The average molecular weight is 328 g/mol. The molecule has 5 heteroatoms. The van der Waals surface area contributed by atoms with Crippen molar-refractivity contribution < 1.29 is 4.74 Å². The van der Waals surface area contributed by atoms with Gasteiger partial charge < -0.3 is 10.1 Å². The van der Waals surface area contributed by atoms with Crippen molar-refractivity contribution in [3.8, 4) is 0 Å². The highest BCUT2D eigenvalue weighted by molar-refractivity contribution is 6.31. The van der Waals surface area contributed by atoms with E-state index in [1.165, 1.54) is 11.1 Å². The zero-order valence-corrected chi connectivity index (χ0v) is 13.7. The van der Waals surface area contributed by atoms with Crippen LogP contribution < -0.4 is 5.32 Å². The smallest absolute Gasteiger partial charge is 0.137 e. The summed E-state index contributed by atoms with van der Waals surface area (Å²) < 4.78 is 5.53. The summed E-state index contributed by atoms with van der Waals surface area (Å²) in [5.74, 6) is 0.804. The third-order valence-corrected chi connectivity index (χ3v) is 3.86. The Morgan fingerprint density at radius 3 is 2.74 bits per heavy atom. The molecule has 4 nitrogen and oxygen atoms in total. The van der Waals surface area contributed by atoms with Crippen LogP contribution in [0.1, 0.15) is 18.1 Å². The first-order valence-corrected chi connectivity index (χ1v) is 7.94. The van der Waals surface area contributed by atoms with Crippen LogP contribution in [0.2, 0.25) is 5.02 Å². The normalized spacial score (nSPS) is 10.9. The number of fused-ring (bicyclic) bond motifs is 1. The van der Waals surface area contributed by atoms with Gasteiger partial charge in [-0.1, -0.05) is 35.9 Å². The van der Waals surface area contributed by atoms with Crippen molar-refractivity contribution in [1.82, 2.24) is 9.97 Å². The first-order valence-electron chi connectivity index (χ1n) is 7.56. The van der Waals surface area contributed by atoms with E-state index in [0.29, 0.717) is 24.8 Å². The molecule has 2 aromatic carbocycles. The number of hydrogen-bond acceptors (Lipinski definition) is 4. The number of nitrogens with one attached hydrogen (secondary N) is 1. The summed E-state index contributed by atoms with van der Waals surface area (Å²) in [7, 11) is 0. The van der Waals surface area contributed by atoms with Gasteiger partial charge in [0.25, 0.3) is 0 Å². The highest BCUT2D eigenvalue weighted by atomic mass is 35.5. The van der Waals surface area contributed by atoms with Crippen LogP contribution >= 0.6 is 11.6 Å². The van der Waals surface area contributed by atoms with Gasteiger partial charge in [0.1, 0.15) is 12.1 Å². The van der Waals surface area contributed by atoms with Crippen molar-refractivity contribution in [2.45, 2.75) is 20.1 Å². The molecule has 0 aliphatic heterocycles. The van der Waals surface area contributed by atoms with Gasteiger partial charge in [-0.15, -0.1) is 0 Å². The van der Waals surface area contributed by atoms with Crippen molar-refractivity contribution >= 4 is 28.3 Å². The molecule has 1 aromatic heterocycles. The first kappa shape index (κ1) is 15.7. The third kappa shape index (κ3) is 3.78. The molecule has 0 amide bonds. The van der Waals surface area contributed by atoms with E-state index < -0.39 is 0 Å². The summed E-state index contributed by atoms with van der Waals surface area (Å²) in [4.78, 5) is 8.61. The molecule has 118 valence electrons. The molecule has 3 rings (SSSR count). The number of rotatable bonds is 6. The van der Waals surface area contributed by atoms with E-state index in [-0.39, 0.29) is 0 Å². The summed E-state index contributed by atoms with van der Waals surface area (Å²) in [6, 6.07) is 13.9. The molecule has 0 radical (unpaired) electrons. The van der Waals surface area contributed by atoms with E-state index in [1.807, 2.05) is 37.3 Å². The van der Waals surface area contributed by atoms with E-state index in [0.717, 1.165) is 16.7 Å². The zero-order chi connectivity index (χ0) is 16.1. The van der Waals surface area contributed by atoms with Gasteiger partial charge in [0.15, 0.2) is 0 Å². The number of halogens is 1. The van der Waals surface area contributed by atoms with Crippen molar-refractivity contribution in [2.24, 2.45) is 0 Å². The lowest BCUT2D eigenvalue weighted by molar-refractivity contribution is 0.133. The zero-order valence-electron chi connectivity index (χ0n) is 12.9. The first-order chi connectivity index (χ1) is 11.3. The number of ether oxygens (including phenoxy) is 1. The van der Waals surface area contributed by atoms with Crippen LogP contribution in [-0.4, -0.2) is 16.6 Å². The monoisotopic (exact) mass is 327 g/mol. The fraction of sp³-hybridized carbons (Fsp3) is 0.222. The topological polar surface area (TPSA) is 47.0 Å². The summed E-state index contributed by atoms with van der Waals surface area (Å²) in [5.41, 5.74) is 3.21. The molecule has 0 atom stereocenters. The molecule has 0 aliphatic rings. The maximum atomic E-state index is 6.02. The van der Waals surface area contributed by atoms with E-state index in [2.05, 4.69) is 27.4 Å². The Labute approximate surface area is 140 Å². The summed E-state index contributed by atoms with van der Waals surface area (Å²) >= 11 is 6.02. The van der Waals surface area contributed by atoms with Crippen LogP contribution in [0.25, 0.3) is 10.9 Å². The second kappa shape index (κ2) is 7.40. The minimum Gasteiger partial charge on any atom is -0.377 e. The maximum absolute atomic E-state index is 6.02. The minimum absolute atomic E-state index is 0.620. The standard InChI is InChI=1S/C18H18ClN3O/c1-2-23-11-14-6-4-3-5-13(14)10-20-18-16-8-7-15(19)9-17(16)21-12-22-18/h3-9,12H,2,10-11H2,1H3,(H,20,21,22). The van der Waals surface area contributed by atoms with Gasteiger partial charge in [-0.25, -0.2) is 9.97 Å². The Balaban J connectivity index is 1.81. The predicted molar refractivity (Wildman–Crippen MR) is 93.6 cm³/mol. The summed E-state index contributed by atoms with van der Waals surface area (Å²) in [5, 5.41) is 5.02. The third-order valence-electron chi connectivity index (χ3n) is 3.62. The number of hydrogen-bond donors (Lipinski definition) is 1. The molecule has 23 heavy (non-hydrogen) atoms. The lowest BCUT2D eigenvalue weighted by atomic mass is 10.1. The van der Waals surface area contributed by atoms with Gasteiger partial charge in [0, 0.05) is 23.6 Å². The molecule has 0 fully saturated rings. The number of aromatic nitrogens is 2.